The second-order valence-corrected chi connectivity index (χ2v) is 12.6. The molecule has 170 valence electrons. The lowest BCUT2D eigenvalue weighted by atomic mass is 10.0. The molecule has 2 aromatic carbocycles. The summed E-state index contributed by atoms with van der Waals surface area (Å²) in [5.41, 5.74) is 0.532. The standard InChI is InChI=1S/C19H24N2O7S3/c20-30(24,25)19-12-17(31(26,27)28)16(21-13-14-7-3-1-4-8-14)11-18(19)29(22,23)15-9-5-2-6-10-15/h1,3-4,7-8,11-12,15,21H,2,5-6,9-10,13H2,(H2,20,24,25)(H,26,27,28). The number of benzene rings is 2. The Morgan fingerprint density at radius 3 is 2.03 bits per heavy atom. The van der Waals surface area contributed by atoms with Gasteiger partial charge in [0.1, 0.15) is 9.79 Å². The number of hydrogen-bond donors (Lipinski definition) is 3. The SMILES string of the molecule is NS(=O)(=O)c1cc(S(=O)(=O)O)c(NCc2ccccc2)cc1S(=O)(=O)C1CCCCC1. The Bertz CT molecular complexity index is 1270. The Labute approximate surface area is 182 Å². The third kappa shape index (κ3) is 5.44. The van der Waals surface area contributed by atoms with E-state index in [1.54, 1.807) is 30.3 Å². The second-order valence-electron chi connectivity index (χ2n) is 7.46. The highest BCUT2D eigenvalue weighted by Crippen LogP contribution is 2.36. The van der Waals surface area contributed by atoms with Crippen molar-refractivity contribution in [2.75, 3.05) is 5.32 Å². The zero-order valence-electron chi connectivity index (χ0n) is 16.6. The number of hydrogen-bond acceptors (Lipinski definition) is 7. The Kier molecular flexibility index (Phi) is 6.77. The maximum atomic E-state index is 13.3. The molecule has 9 nitrogen and oxygen atoms in total. The average Bonchev–Trinajstić information content (AvgIpc) is 2.71. The summed E-state index contributed by atoms with van der Waals surface area (Å²) in [5, 5.41) is 7.22. The molecule has 0 spiro atoms. The molecule has 1 saturated carbocycles. The van der Waals surface area contributed by atoms with Gasteiger partial charge in [-0.05, 0) is 30.5 Å². The van der Waals surface area contributed by atoms with E-state index in [0.29, 0.717) is 31.7 Å². The van der Waals surface area contributed by atoms with Crippen molar-refractivity contribution in [3.05, 3.63) is 48.0 Å². The Hall–Kier alpha value is -1.99. The van der Waals surface area contributed by atoms with E-state index < -0.39 is 49.9 Å². The third-order valence-corrected chi connectivity index (χ3v) is 9.53. The molecule has 4 N–H and O–H groups in total. The summed E-state index contributed by atoms with van der Waals surface area (Å²) in [4.78, 5) is -2.18. The van der Waals surface area contributed by atoms with E-state index in [1.165, 1.54) is 0 Å². The van der Waals surface area contributed by atoms with E-state index in [0.717, 1.165) is 18.1 Å². The van der Waals surface area contributed by atoms with Crippen molar-refractivity contribution in [1.82, 2.24) is 0 Å². The number of sulfone groups is 1. The molecule has 1 aliphatic carbocycles. The van der Waals surface area contributed by atoms with Gasteiger partial charge in [0.15, 0.2) is 9.84 Å². The smallest absolute Gasteiger partial charge is 0.296 e. The summed E-state index contributed by atoms with van der Waals surface area (Å²) in [5.74, 6) is 0. The average molecular weight is 489 g/mol. The monoisotopic (exact) mass is 488 g/mol. The molecule has 1 aliphatic rings. The van der Waals surface area contributed by atoms with Crippen molar-refractivity contribution in [3.8, 4) is 0 Å². The lowest BCUT2D eigenvalue weighted by molar-refractivity contribution is 0.480. The van der Waals surface area contributed by atoms with Crippen LogP contribution in [-0.2, 0) is 36.5 Å². The number of nitrogens with one attached hydrogen (secondary N) is 1. The van der Waals surface area contributed by atoms with Gasteiger partial charge >= 0.3 is 0 Å². The first-order valence-corrected chi connectivity index (χ1v) is 14.1. The van der Waals surface area contributed by atoms with Crippen LogP contribution in [0.4, 0.5) is 5.69 Å². The van der Waals surface area contributed by atoms with Gasteiger partial charge in [-0.3, -0.25) is 4.55 Å². The van der Waals surface area contributed by atoms with Crippen LogP contribution in [0.3, 0.4) is 0 Å². The maximum absolute atomic E-state index is 13.3. The first-order chi connectivity index (χ1) is 14.4. The molecule has 31 heavy (non-hydrogen) atoms. The van der Waals surface area contributed by atoms with Crippen LogP contribution in [0.2, 0.25) is 0 Å². The highest BCUT2D eigenvalue weighted by atomic mass is 32.2. The molecule has 0 aromatic heterocycles. The third-order valence-electron chi connectivity index (χ3n) is 5.25. The minimum Gasteiger partial charge on any atom is -0.380 e. The van der Waals surface area contributed by atoms with Gasteiger partial charge in [0, 0.05) is 6.54 Å². The highest BCUT2D eigenvalue weighted by molar-refractivity contribution is 7.94. The first kappa shape index (κ1) is 23.7. The van der Waals surface area contributed by atoms with E-state index in [9.17, 15) is 29.8 Å². The highest BCUT2D eigenvalue weighted by Gasteiger charge is 2.35. The molecule has 0 aliphatic heterocycles. The molecule has 3 rings (SSSR count). The minimum atomic E-state index is -4.89. The molecular formula is C19H24N2O7S3. The van der Waals surface area contributed by atoms with Crippen molar-refractivity contribution in [2.24, 2.45) is 5.14 Å². The predicted octanol–water partition coefficient (Wildman–Crippen LogP) is 2.30. The number of primary sulfonamides is 1. The second kappa shape index (κ2) is 8.87. The van der Waals surface area contributed by atoms with Gasteiger partial charge in [-0.25, -0.2) is 22.0 Å². The fourth-order valence-electron chi connectivity index (χ4n) is 3.69. The summed E-state index contributed by atoms with van der Waals surface area (Å²) in [6.45, 7) is 0.112. The molecule has 0 radical (unpaired) electrons. The van der Waals surface area contributed by atoms with Crippen LogP contribution in [0.15, 0.2) is 57.2 Å². The molecule has 2 aromatic rings. The fourth-order valence-corrected chi connectivity index (χ4v) is 7.69. The maximum Gasteiger partial charge on any atom is 0.296 e. The minimum absolute atomic E-state index is 0.112. The van der Waals surface area contributed by atoms with Crippen LogP contribution in [0.1, 0.15) is 37.7 Å². The van der Waals surface area contributed by atoms with Crippen LogP contribution in [0.5, 0.6) is 0 Å². The lowest BCUT2D eigenvalue weighted by Crippen LogP contribution is -2.27. The number of nitrogens with two attached hydrogens (primary N) is 1. The largest absolute Gasteiger partial charge is 0.380 e. The molecule has 1 fully saturated rings. The van der Waals surface area contributed by atoms with E-state index in [4.69, 9.17) is 5.14 Å². The van der Waals surface area contributed by atoms with E-state index in [2.05, 4.69) is 5.32 Å². The lowest BCUT2D eigenvalue weighted by Gasteiger charge is -2.23. The van der Waals surface area contributed by atoms with Gasteiger partial charge in [0.05, 0.1) is 15.8 Å². The van der Waals surface area contributed by atoms with Crippen LogP contribution in [-0.4, -0.2) is 35.1 Å². The van der Waals surface area contributed by atoms with Gasteiger partial charge < -0.3 is 5.32 Å². The van der Waals surface area contributed by atoms with Crippen molar-refractivity contribution >= 4 is 35.7 Å². The Balaban J connectivity index is 2.18. The van der Waals surface area contributed by atoms with Crippen LogP contribution in [0.25, 0.3) is 0 Å². The molecule has 0 unspecified atom stereocenters. The summed E-state index contributed by atoms with van der Waals surface area (Å²) in [6, 6.07) is 10.4. The Morgan fingerprint density at radius 1 is 0.871 bits per heavy atom. The summed E-state index contributed by atoms with van der Waals surface area (Å²) in [6.07, 6.45) is 3.02. The zero-order valence-corrected chi connectivity index (χ0v) is 19.0. The predicted molar refractivity (Wildman–Crippen MR) is 115 cm³/mol. The molecular weight excluding hydrogens is 464 g/mol. The van der Waals surface area contributed by atoms with Crippen molar-refractivity contribution in [2.45, 2.75) is 58.6 Å². The van der Waals surface area contributed by atoms with Crippen LogP contribution < -0.4 is 10.5 Å². The van der Waals surface area contributed by atoms with Gasteiger partial charge in [0.25, 0.3) is 10.1 Å². The van der Waals surface area contributed by atoms with Gasteiger partial charge in [-0.1, -0.05) is 49.6 Å². The number of sulfonamides is 1. The molecule has 0 bridgehead atoms. The Morgan fingerprint density at radius 2 is 1.48 bits per heavy atom. The molecule has 0 amide bonds. The van der Waals surface area contributed by atoms with Gasteiger partial charge in [-0.2, -0.15) is 8.42 Å². The van der Waals surface area contributed by atoms with Gasteiger partial charge in [-0.15, -0.1) is 0 Å². The number of rotatable bonds is 7. The van der Waals surface area contributed by atoms with E-state index >= 15 is 0 Å². The molecule has 0 saturated heterocycles. The summed E-state index contributed by atoms with van der Waals surface area (Å²) < 4.78 is 84.4. The van der Waals surface area contributed by atoms with Crippen molar-refractivity contribution in [3.63, 3.8) is 0 Å². The normalized spacial score (nSPS) is 16.2. The molecule has 0 atom stereocenters. The van der Waals surface area contributed by atoms with Crippen LogP contribution >= 0.6 is 0 Å². The number of anilines is 1. The van der Waals surface area contributed by atoms with E-state index in [1.807, 2.05) is 0 Å². The first-order valence-electron chi connectivity index (χ1n) is 9.61. The quantitative estimate of drug-likeness (QED) is 0.500. The van der Waals surface area contributed by atoms with E-state index in [-0.39, 0.29) is 12.2 Å². The van der Waals surface area contributed by atoms with Gasteiger partial charge in [0.2, 0.25) is 10.0 Å². The zero-order chi connectivity index (χ0) is 22.9. The molecule has 12 heteroatoms. The van der Waals surface area contributed by atoms with Crippen LogP contribution in [0, 0.1) is 0 Å². The fraction of sp³-hybridized carbons (Fsp3) is 0.368. The molecule has 0 heterocycles. The summed E-state index contributed by atoms with van der Waals surface area (Å²) >= 11 is 0. The van der Waals surface area contributed by atoms with Crippen molar-refractivity contribution < 1.29 is 29.8 Å². The summed E-state index contributed by atoms with van der Waals surface area (Å²) in [7, 11) is -13.6. The topological polar surface area (TPSA) is 161 Å². The van der Waals surface area contributed by atoms with Crippen molar-refractivity contribution in [1.29, 1.82) is 0 Å².